The van der Waals surface area contributed by atoms with Gasteiger partial charge in [0.05, 0.1) is 0 Å². The van der Waals surface area contributed by atoms with Crippen LogP contribution >= 0.6 is 0 Å². The van der Waals surface area contributed by atoms with E-state index < -0.39 is 0 Å². The number of hydrogen-bond acceptors (Lipinski definition) is 5. The van der Waals surface area contributed by atoms with E-state index in [0.717, 1.165) is 12.1 Å². The van der Waals surface area contributed by atoms with Gasteiger partial charge in [0.25, 0.3) is 0 Å². The van der Waals surface area contributed by atoms with E-state index in [1.165, 1.54) is 0 Å². The van der Waals surface area contributed by atoms with Crippen molar-refractivity contribution in [1.82, 2.24) is 25.1 Å². The van der Waals surface area contributed by atoms with Gasteiger partial charge in [-0.15, -0.1) is 5.10 Å². The van der Waals surface area contributed by atoms with E-state index in [0.29, 0.717) is 18.4 Å². The van der Waals surface area contributed by atoms with Gasteiger partial charge in [0.1, 0.15) is 6.33 Å². The summed E-state index contributed by atoms with van der Waals surface area (Å²) in [5.41, 5.74) is 0.988. The molecule has 2 heterocycles. The van der Waals surface area contributed by atoms with Crippen LogP contribution in [0, 0.1) is 0 Å². The molecule has 0 bridgehead atoms. The molecular formula is C11H15N5O. The van der Waals surface area contributed by atoms with Crippen LogP contribution in [-0.2, 0) is 13.6 Å². The molecule has 17 heavy (non-hydrogen) atoms. The number of aromatic nitrogens is 4. The van der Waals surface area contributed by atoms with E-state index in [-0.39, 0.29) is 0 Å². The fourth-order valence-corrected chi connectivity index (χ4v) is 1.36. The molecule has 0 aliphatic heterocycles. The summed E-state index contributed by atoms with van der Waals surface area (Å²) in [7, 11) is 1.79. The minimum Gasteiger partial charge on any atom is -0.404 e. The predicted octanol–water partition coefficient (Wildman–Crippen LogP) is 1.11. The van der Waals surface area contributed by atoms with Gasteiger partial charge in [0, 0.05) is 25.4 Å². The average molecular weight is 233 g/mol. The number of nitrogens with one attached hydrogen (secondary N) is 1. The Morgan fingerprint density at radius 2 is 2.29 bits per heavy atom. The topological polar surface area (TPSA) is 64.9 Å². The monoisotopic (exact) mass is 233 g/mol. The van der Waals surface area contributed by atoms with Gasteiger partial charge in [-0.25, -0.2) is 4.98 Å². The second-order valence-corrected chi connectivity index (χ2v) is 3.55. The van der Waals surface area contributed by atoms with Crippen LogP contribution in [0.5, 0.6) is 11.9 Å². The zero-order valence-electron chi connectivity index (χ0n) is 9.92. The summed E-state index contributed by atoms with van der Waals surface area (Å²) in [6.45, 7) is 3.67. The third kappa shape index (κ3) is 3.01. The Morgan fingerprint density at radius 3 is 3.00 bits per heavy atom. The van der Waals surface area contributed by atoms with E-state index in [2.05, 4.69) is 27.3 Å². The quantitative estimate of drug-likeness (QED) is 0.838. The molecule has 2 aromatic heterocycles. The first kappa shape index (κ1) is 11.5. The zero-order valence-corrected chi connectivity index (χ0v) is 9.92. The number of ether oxygens (including phenoxy) is 1. The minimum atomic E-state index is 0.309. The minimum absolute atomic E-state index is 0.309. The van der Waals surface area contributed by atoms with Crippen LogP contribution in [0.25, 0.3) is 0 Å². The molecule has 0 aliphatic carbocycles. The van der Waals surface area contributed by atoms with Gasteiger partial charge in [0.15, 0.2) is 0 Å². The molecule has 1 N–H and O–H groups in total. The number of nitrogens with zero attached hydrogens (tertiary/aromatic N) is 4. The second kappa shape index (κ2) is 5.40. The molecule has 0 amide bonds. The molecule has 0 unspecified atom stereocenters. The third-order valence-electron chi connectivity index (χ3n) is 2.18. The predicted molar refractivity (Wildman–Crippen MR) is 62.7 cm³/mol. The maximum atomic E-state index is 5.53. The van der Waals surface area contributed by atoms with Gasteiger partial charge in [-0.05, 0) is 12.6 Å². The summed E-state index contributed by atoms with van der Waals surface area (Å²) in [5, 5.41) is 7.28. The molecule has 90 valence electrons. The first-order valence-electron chi connectivity index (χ1n) is 5.47. The molecule has 0 aliphatic rings. The van der Waals surface area contributed by atoms with Crippen LogP contribution in [0.2, 0.25) is 0 Å². The SMILES string of the molecule is CCNCc1cccnc1Oc1ncn(C)n1. The van der Waals surface area contributed by atoms with Crippen molar-refractivity contribution in [2.24, 2.45) is 7.05 Å². The van der Waals surface area contributed by atoms with Crippen LogP contribution in [0.3, 0.4) is 0 Å². The molecule has 0 radical (unpaired) electrons. The number of pyridine rings is 1. The average Bonchev–Trinajstić information content (AvgIpc) is 2.74. The second-order valence-electron chi connectivity index (χ2n) is 3.55. The van der Waals surface area contributed by atoms with Crippen molar-refractivity contribution >= 4 is 0 Å². The van der Waals surface area contributed by atoms with Gasteiger partial charge in [-0.3, -0.25) is 4.68 Å². The summed E-state index contributed by atoms with van der Waals surface area (Å²) in [6, 6.07) is 4.16. The van der Waals surface area contributed by atoms with Gasteiger partial charge >= 0.3 is 6.01 Å². The highest BCUT2D eigenvalue weighted by Crippen LogP contribution is 2.19. The van der Waals surface area contributed by atoms with Crippen molar-refractivity contribution in [2.45, 2.75) is 13.5 Å². The van der Waals surface area contributed by atoms with Crippen molar-refractivity contribution < 1.29 is 4.74 Å². The normalized spacial score (nSPS) is 10.5. The van der Waals surface area contributed by atoms with Crippen molar-refractivity contribution in [3.05, 3.63) is 30.2 Å². The lowest BCUT2D eigenvalue weighted by Crippen LogP contribution is -2.12. The summed E-state index contributed by atoms with van der Waals surface area (Å²) in [5.74, 6) is 0.541. The summed E-state index contributed by atoms with van der Waals surface area (Å²) in [6.07, 6.45) is 3.27. The molecule has 0 aromatic carbocycles. The summed E-state index contributed by atoms with van der Waals surface area (Å²) < 4.78 is 7.12. The first-order chi connectivity index (χ1) is 8.29. The summed E-state index contributed by atoms with van der Waals surface area (Å²) in [4.78, 5) is 8.19. The highest BCUT2D eigenvalue weighted by atomic mass is 16.5. The van der Waals surface area contributed by atoms with Crippen molar-refractivity contribution in [3.63, 3.8) is 0 Å². The Bertz CT molecular complexity index is 482. The fourth-order valence-electron chi connectivity index (χ4n) is 1.36. The molecular weight excluding hydrogens is 218 g/mol. The summed E-state index contributed by atoms with van der Waals surface area (Å²) >= 11 is 0. The van der Waals surface area contributed by atoms with Crippen molar-refractivity contribution in [2.75, 3.05) is 6.54 Å². The Morgan fingerprint density at radius 1 is 1.41 bits per heavy atom. The Labute approximate surface area is 99.7 Å². The van der Waals surface area contributed by atoms with Crippen molar-refractivity contribution in [3.8, 4) is 11.9 Å². The van der Waals surface area contributed by atoms with Crippen LogP contribution < -0.4 is 10.1 Å². The lowest BCUT2D eigenvalue weighted by atomic mass is 10.2. The highest BCUT2D eigenvalue weighted by Gasteiger charge is 2.08. The standard InChI is InChI=1S/C11H15N5O/c1-3-12-7-9-5-4-6-13-10(9)17-11-14-8-16(2)15-11/h4-6,8,12H,3,7H2,1-2H3. The number of rotatable bonds is 5. The Hall–Kier alpha value is -1.95. The molecule has 0 saturated carbocycles. The molecule has 6 heteroatoms. The van der Waals surface area contributed by atoms with E-state index in [1.54, 1.807) is 24.3 Å². The van der Waals surface area contributed by atoms with Gasteiger partial charge in [-0.1, -0.05) is 13.0 Å². The van der Waals surface area contributed by atoms with Crippen LogP contribution in [0.4, 0.5) is 0 Å². The highest BCUT2D eigenvalue weighted by molar-refractivity contribution is 5.27. The molecule has 0 fully saturated rings. The van der Waals surface area contributed by atoms with Crippen LogP contribution in [-0.4, -0.2) is 26.3 Å². The maximum absolute atomic E-state index is 5.53. The van der Waals surface area contributed by atoms with Gasteiger partial charge in [-0.2, -0.15) is 4.98 Å². The van der Waals surface area contributed by atoms with Gasteiger partial charge < -0.3 is 10.1 Å². The molecule has 0 saturated heterocycles. The van der Waals surface area contributed by atoms with Crippen LogP contribution in [0.1, 0.15) is 12.5 Å². The van der Waals surface area contributed by atoms with Gasteiger partial charge in [0.2, 0.25) is 5.88 Å². The van der Waals surface area contributed by atoms with Crippen LogP contribution in [0.15, 0.2) is 24.7 Å². The number of hydrogen-bond donors (Lipinski definition) is 1. The Balaban J connectivity index is 2.14. The molecule has 2 aromatic rings. The first-order valence-corrected chi connectivity index (χ1v) is 5.47. The van der Waals surface area contributed by atoms with E-state index in [1.807, 2.05) is 12.1 Å². The lowest BCUT2D eigenvalue weighted by Gasteiger charge is -2.07. The number of aryl methyl sites for hydroxylation is 1. The van der Waals surface area contributed by atoms with Crippen molar-refractivity contribution in [1.29, 1.82) is 0 Å². The van der Waals surface area contributed by atoms with E-state index in [4.69, 9.17) is 4.74 Å². The fraction of sp³-hybridized carbons (Fsp3) is 0.364. The van der Waals surface area contributed by atoms with E-state index in [9.17, 15) is 0 Å². The molecule has 2 rings (SSSR count). The molecule has 0 atom stereocenters. The smallest absolute Gasteiger partial charge is 0.342 e. The van der Waals surface area contributed by atoms with E-state index >= 15 is 0 Å². The molecule has 0 spiro atoms. The molecule has 6 nitrogen and oxygen atoms in total. The largest absolute Gasteiger partial charge is 0.404 e. The third-order valence-corrected chi connectivity index (χ3v) is 2.18. The zero-order chi connectivity index (χ0) is 12.1. The Kier molecular flexibility index (Phi) is 3.66. The maximum Gasteiger partial charge on any atom is 0.342 e. The lowest BCUT2D eigenvalue weighted by molar-refractivity contribution is 0.415.